The Labute approximate surface area is 117 Å². The van der Waals surface area contributed by atoms with Gasteiger partial charge in [-0.3, -0.25) is 14.9 Å². The first kappa shape index (κ1) is 13.3. The van der Waals surface area contributed by atoms with E-state index in [0.717, 1.165) is 11.8 Å². The van der Waals surface area contributed by atoms with Crippen LogP contribution < -0.4 is 10.1 Å². The summed E-state index contributed by atoms with van der Waals surface area (Å²) in [5.74, 6) is -0.0480. The van der Waals surface area contributed by atoms with E-state index in [1.54, 1.807) is 18.2 Å². The largest absolute Gasteiger partial charge is 0.494 e. The van der Waals surface area contributed by atoms with E-state index in [9.17, 15) is 9.59 Å². The summed E-state index contributed by atoms with van der Waals surface area (Å²) >= 11 is 12.8. The van der Waals surface area contributed by atoms with Crippen LogP contribution in [0.4, 0.5) is 4.79 Å². The summed E-state index contributed by atoms with van der Waals surface area (Å²) in [5, 5.41) is 2.45. The van der Waals surface area contributed by atoms with Crippen LogP contribution in [-0.2, 0) is 4.79 Å². The summed E-state index contributed by atoms with van der Waals surface area (Å²) in [7, 11) is 1.46. The maximum absolute atomic E-state index is 11.4. The summed E-state index contributed by atoms with van der Waals surface area (Å²) in [6, 6.07) is 3.21. The second-order valence-electron chi connectivity index (χ2n) is 3.37. The van der Waals surface area contributed by atoms with Crippen molar-refractivity contribution in [2.45, 2.75) is 0 Å². The van der Waals surface area contributed by atoms with Crippen molar-refractivity contribution >= 4 is 52.2 Å². The Morgan fingerprint density at radius 3 is 2.33 bits per heavy atom. The fourth-order valence-corrected chi connectivity index (χ4v) is 2.77. The van der Waals surface area contributed by atoms with Gasteiger partial charge in [0.1, 0.15) is 0 Å². The van der Waals surface area contributed by atoms with Crippen molar-refractivity contribution in [1.82, 2.24) is 5.32 Å². The Bertz CT molecular complexity index is 548. The third kappa shape index (κ3) is 2.63. The van der Waals surface area contributed by atoms with Crippen molar-refractivity contribution in [3.05, 3.63) is 32.6 Å². The molecule has 1 aliphatic heterocycles. The summed E-state index contributed by atoms with van der Waals surface area (Å²) in [4.78, 5) is 22.7. The third-order valence-electron chi connectivity index (χ3n) is 2.16. The Balaban J connectivity index is 2.39. The lowest BCUT2D eigenvalue weighted by Crippen LogP contribution is -2.17. The normalized spacial score (nSPS) is 17.2. The monoisotopic (exact) mass is 303 g/mol. The van der Waals surface area contributed by atoms with Crippen LogP contribution in [0, 0.1) is 0 Å². The summed E-state index contributed by atoms with van der Waals surface area (Å²) in [5.41, 5.74) is 0.623. The Morgan fingerprint density at radius 1 is 1.28 bits per heavy atom. The molecule has 1 aromatic carbocycles. The highest BCUT2D eigenvalue weighted by Crippen LogP contribution is 2.35. The van der Waals surface area contributed by atoms with Crippen molar-refractivity contribution in [2.24, 2.45) is 0 Å². The first-order valence-corrected chi connectivity index (χ1v) is 6.36. The van der Waals surface area contributed by atoms with Crippen molar-refractivity contribution in [3.8, 4) is 5.75 Å². The number of hydrogen-bond donors (Lipinski definition) is 1. The molecule has 0 bridgehead atoms. The van der Waals surface area contributed by atoms with Gasteiger partial charge in [-0.25, -0.2) is 0 Å². The fourth-order valence-electron chi connectivity index (χ4n) is 1.43. The number of carbonyl (C=O) groups excluding carboxylic acids is 2. The number of carbonyl (C=O) groups is 2. The first-order chi connectivity index (χ1) is 8.51. The molecule has 0 aliphatic carbocycles. The number of hydrogen-bond acceptors (Lipinski definition) is 4. The number of amides is 2. The van der Waals surface area contributed by atoms with Crippen molar-refractivity contribution in [1.29, 1.82) is 0 Å². The SMILES string of the molecule is COc1c(Cl)cc(/C=C2\SC(=O)NC2=O)cc1Cl. The second kappa shape index (κ2) is 5.22. The Kier molecular flexibility index (Phi) is 3.85. The molecule has 1 N–H and O–H groups in total. The van der Waals surface area contributed by atoms with Crippen LogP contribution >= 0.6 is 35.0 Å². The van der Waals surface area contributed by atoms with E-state index >= 15 is 0 Å². The molecule has 7 heteroatoms. The third-order valence-corrected chi connectivity index (χ3v) is 3.54. The molecule has 1 fully saturated rings. The molecular weight excluding hydrogens is 297 g/mol. The number of rotatable bonds is 2. The van der Waals surface area contributed by atoms with Crippen molar-refractivity contribution in [3.63, 3.8) is 0 Å². The Morgan fingerprint density at radius 2 is 1.89 bits per heavy atom. The van der Waals surface area contributed by atoms with Crippen LogP contribution in [0.3, 0.4) is 0 Å². The lowest BCUT2D eigenvalue weighted by Gasteiger charge is -2.06. The molecule has 1 aliphatic rings. The van der Waals surface area contributed by atoms with Gasteiger partial charge in [0.2, 0.25) is 0 Å². The Hall–Kier alpha value is -1.17. The molecule has 0 spiro atoms. The van der Waals surface area contributed by atoms with Crippen molar-refractivity contribution < 1.29 is 14.3 Å². The molecule has 0 atom stereocenters. The van der Waals surface area contributed by atoms with E-state index in [2.05, 4.69) is 5.32 Å². The summed E-state index contributed by atoms with van der Waals surface area (Å²) < 4.78 is 5.02. The molecule has 1 aromatic rings. The molecule has 0 radical (unpaired) electrons. The van der Waals surface area contributed by atoms with Crippen LogP contribution in [0.25, 0.3) is 6.08 Å². The number of imide groups is 1. The van der Waals surface area contributed by atoms with Gasteiger partial charge in [-0.15, -0.1) is 0 Å². The molecule has 2 amide bonds. The zero-order valence-electron chi connectivity index (χ0n) is 9.12. The predicted octanol–water partition coefficient (Wildman–Crippen LogP) is 3.33. The fraction of sp³-hybridized carbons (Fsp3) is 0.0909. The summed E-state index contributed by atoms with van der Waals surface area (Å²) in [6.07, 6.45) is 1.54. The van der Waals surface area contributed by atoms with Gasteiger partial charge in [-0.1, -0.05) is 23.2 Å². The van der Waals surface area contributed by atoms with Gasteiger partial charge in [0, 0.05) is 0 Å². The van der Waals surface area contributed by atoms with Gasteiger partial charge in [-0.05, 0) is 35.5 Å². The lowest BCUT2D eigenvalue weighted by atomic mass is 10.2. The van der Waals surface area contributed by atoms with E-state index in [1.165, 1.54) is 7.11 Å². The van der Waals surface area contributed by atoms with Gasteiger partial charge in [0.25, 0.3) is 11.1 Å². The number of halogens is 2. The number of thioether (sulfide) groups is 1. The summed E-state index contributed by atoms with van der Waals surface area (Å²) in [6.45, 7) is 0. The quantitative estimate of drug-likeness (QED) is 0.852. The number of nitrogens with one attached hydrogen (secondary N) is 1. The number of ether oxygens (including phenoxy) is 1. The topological polar surface area (TPSA) is 55.4 Å². The van der Waals surface area contributed by atoms with E-state index in [1.807, 2.05) is 0 Å². The maximum atomic E-state index is 11.4. The molecule has 18 heavy (non-hydrogen) atoms. The minimum Gasteiger partial charge on any atom is -0.494 e. The highest BCUT2D eigenvalue weighted by molar-refractivity contribution is 8.18. The van der Waals surface area contributed by atoms with E-state index < -0.39 is 11.1 Å². The van der Waals surface area contributed by atoms with Crippen LogP contribution in [0.1, 0.15) is 5.56 Å². The molecule has 0 saturated carbocycles. The first-order valence-electron chi connectivity index (χ1n) is 4.79. The molecule has 0 unspecified atom stereocenters. The van der Waals surface area contributed by atoms with Crippen LogP contribution in [0.15, 0.2) is 17.0 Å². The molecule has 0 aromatic heterocycles. The zero-order valence-corrected chi connectivity index (χ0v) is 11.4. The van der Waals surface area contributed by atoms with E-state index in [4.69, 9.17) is 27.9 Å². The highest BCUT2D eigenvalue weighted by atomic mass is 35.5. The molecule has 1 saturated heterocycles. The zero-order chi connectivity index (χ0) is 13.3. The average Bonchev–Trinajstić information content (AvgIpc) is 2.57. The minimum atomic E-state index is -0.423. The highest BCUT2D eigenvalue weighted by Gasteiger charge is 2.25. The molecule has 4 nitrogen and oxygen atoms in total. The molecular formula is C11H7Cl2NO3S. The maximum Gasteiger partial charge on any atom is 0.290 e. The van der Waals surface area contributed by atoms with E-state index in [0.29, 0.717) is 26.3 Å². The molecule has 1 heterocycles. The van der Waals surface area contributed by atoms with Gasteiger partial charge < -0.3 is 4.74 Å². The van der Waals surface area contributed by atoms with E-state index in [-0.39, 0.29) is 0 Å². The van der Waals surface area contributed by atoms with Crippen molar-refractivity contribution in [2.75, 3.05) is 7.11 Å². The van der Waals surface area contributed by atoms with Crippen LogP contribution in [0.2, 0.25) is 10.0 Å². The number of methoxy groups -OCH3 is 1. The number of benzene rings is 1. The standard InChI is InChI=1S/C11H7Cl2NO3S/c1-17-9-6(12)2-5(3-7(9)13)4-8-10(15)14-11(16)18-8/h2-4H,1H3,(H,14,15,16)/b8-4-. The second-order valence-corrected chi connectivity index (χ2v) is 5.20. The van der Waals surface area contributed by atoms with Gasteiger partial charge in [0.15, 0.2) is 5.75 Å². The van der Waals surface area contributed by atoms with Gasteiger partial charge in [-0.2, -0.15) is 0 Å². The minimum absolute atomic E-state index is 0.303. The van der Waals surface area contributed by atoms with Crippen LogP contribution in [0.5, 0.6) is 5.75 Å². The average molecular weight is 304 g/mol. The van der Waals surface area contributed by atoms with Gasteiger partial charge >= 0.3 is 0 Å². The molecule has 94 valence electrons. The molecule has 2 rings (SSSR count). The smallest absolute Gasteiger partial charge is 0.290 e. The predicted molar refractivity (Wildman–Crippen MR) is 72.1 cm³/mol. The lowest BCUT2D eigenvalue weighted by molar-refractivity contribution is -0.115. The van der Waals surface area contributed by atoms with Crippen LogP contribution in [-0.4, -0.2) is 18.3 Å². The van der Waals surface area contributed by atoms with Gasteiger partial charge in [0.05, 0.1) is 22.1 Å².